The molecule has 0 fully saturated rings. The Kier molecular flexibility index (Phi) is 3.56. The smallest absolute Gasteiger partial charge is 0.245 e. The van der Waals surface area contributed by atoms with Crippen molar-refractivity contribution in [2.24, 2.45) is 5.73 Å². The third-order valence-electron chi connectivity index (χ3n) is 2.44. The van der Waals surface area contributed by atoms with E-state index >= 15 is 0 Å². The van der Waals surface area contributed by atoms with Crippen molar-refractivity contribution in [3.8, 4) is 0 Å². The maximum absolute atomic E-state index is 11.4. The molecule has 0 aromatic heterocycles. The predicted octanol–water partition coefficient (Wildman–Crippen LogP) is 2.90. The maximum atomic E-state index is 11.4. The Morgan fingerprint density at radius 2 is 2.31 bits per heavy atom. The number of halogens is 1. The topological polar surface area (TPSA) is 55.1 Å². The second kappa shape index (κ2) is 4.77. The lowest BCUT2D eigenvalue weighted by molar-refractivity contribution is -0.116. The molecule has 2 rings (SSSR count). The molecular formula is C11H13BrN2OS. The number of carbonyl (C=O) groups excluding carboxylic acids is 1. The van der Waals surface area contributed by atoms with Crippen molar-refractivity contribution in [1.29, 1.82) is 0 Å². The minimum absolute atomic E-state index is 0.125. The summed E-state index contributed by atoms with van der Waals surface area (Å²) in [5.74, 6) is 0.941. The second-order valence-corrected chi connectivity index (χ2v) is 5.68. The van der Waals surface area contributed by atoms with Gasteiger partial charge in [0.1, 0.15) is 6.04 Å². The van der Waals surface area contributed by atoms with E-state index in [-0.39, 0.29) is 5.91 Å². The van der Waals surface area contributed by atoms with Crippen molar-refractivity contribution in [2.45, 2.75) is 24.3 Å². The molecule has 1 aliphatic heterocycles. The van der Waals surface area contributed by atoms with Gasteiger partial charge in [0, 0.05) is 20.6 Å². The number of rotatable bonds is 3. The molecule has 0 spiro atoms. The van der Waals surface area contributed by atoms with Crippen LogP contribution >= 0.6 is 27.7 Å². The molecule has 0 bridgehead atoms. The first-order valence-electron chi connectivity index (χ1n) is 5.16. The van der Waals surface area contributed by atoms with Crippen molar-refractivity contribution in [3.63, 3.8) is 0 Å². The van der Waals surface area contributed by atoms with Gasteiger partial charge < -0.3 is 11.1 Å². The first kappa shape index (κ1) is 12.0. The summed E-state index contributed by atoms with van der Waals surface area (Å²) >= 11 is 5.29. The molecule has 1 heterocycles. The molecule has 0 saturated carbocycles. The third-order valence-corrected chi connectivity index (χ3v) is 4.62. The van der Waals surface area contributed by atoms with Crippen LogP contribution in [0.3, 0.4) is 0 Å². The minimum Gasteiger partial charge on any atom is -0.324 e. The first-order valence-corrected chi connectivity index (χ1v) is 6.94. The van der Waals surface area contributed by atoms with E-state index in [1.54, 1.807) is 11.8 Å². The van der Waals surface area contributed by atoms with Crippen LogP contribution in [-0.2, 0) is 4.79 Å². The Bertz CT molecular complexity index is 436. The summed E-state index contributed by atoms with van der Waals surface area (Å²) in [6.07, 6.45) is 1.13. The first-order chi connectivity index (χ1) is 7.63. The summed E-state index contributed by atoms with van der Waals surface area (Å²) < 4.78 is 1.01. The Morgan fingerprint density at radius 3 is 3.00 bits per heavy atom. The summed E-state index contributed by atoms with van der Waals surface area (Å²) in [5, 5.41) is 2.79. The fourth-order valence-corrected chi connectivity index (χ4v) is 3.14. The van der Waals surface area contributed by atoms with Gasteiger partial charge in [-0.25, -0.2) is 0 Å². The van der Waals surface area contributed by atoms with E-state index in [9.17, 15) is 4.79 Å². The van der Waals surface area contributed by atoms with Crippen LogP contribution in [0.15, 0.2) is 21.5 Å². The molecule has 0 aliphatic carbocycles. The van der Waals surface area contributed by atoms with Crippen LogP contribution in [0.1, 0.15) is 24.9 Å². The van der Waals surface area contributed by atoms with Crippen molar-refractivity contribution >= 4 is 39.3 Å². The summed E-state index contributed by atoms with van der Waals surface area (Å²) in [5.41, 5.74) is 7.49. The molecular weight excluding hydrogens is 288 g/mol. The van der Waals surface area contributed by atoms with Crippen LogP contribution in [0.5, 0.6) is 0 Å². The number of thioether (sulfide) groups is 1. The molecule has 0 saturated heterocycles. The monoisotopic (exact) mass is 300 g/mol. The average Bonchev–Trinajstić information content (AvgIpc) is 2.52. The van der Waals surface area contributed by atoms with Crippen LogP contribution in [0, 0.1) is 0 Å². The van der Waals surface area contributed by atoms with Crippen molar-refractivity contribution < 1.29 is 4.79 Å². The highest BCUT2D eigenvalue weighted by Gasteiger charge is 2.28. The summed E-state index contributed by atoms with van der Waals surface area (Å²) in [6, 6.07) is 3.40. The zero-order valence-corrected chi connectivity index (χ0v) is 11.3. The normalized spacial score (nSPS) is 18.4. The Morgan fingerprint density at radius 1 is 1.56 bits per heavy atom. The van der Waals surface area contributed by atoms with Crippen LogP contribution in [0.25, 0.3) is 0 Å². The molecule has 5 heteroatoms. The van der Waals surface area contributed by atoms with Gasteiger partial charge in [0.25, 0.3) is 0 Å². The van der Waals surface area contributed by atoms with Crippen molar-refractivity contribution in [2.75, 3.05) is 11.1 Å². The number of fused-ring (bicyclic) bond motifs is 1. The molecule has 3 nitrogen and oxygen atoms in total. The molecule has 1 atom stereocenters. The van der Waals surface area contributed by atoms with E-state index in [4.69, 9.17) is 5.73 Å². The Labute approximate surface area is 107 Å². The molecule has 1 aliphatic rings. The summed E-state index contributed by atoms with van der Waals surface area (Å²) in [7, 11) is 0. The zero-order chi connectivity index (χ0) is 11.7. The molecule has 1 amide bonds. The third kappa shape index (κ3) is 2.12. The van der Waals surface area contributed by atoms with Gasteiger partial charge in [-0.1, -0.05) is 6.92 Å². The maximum Gasteiger partial charge on any atom is 0.245 e. The van der Waals surface area contributed by atoms with Gasteiger partial charge in [0.2, 0.25) is 5.91 Å². The van der Waals surface area contributed by atoms with Crippen molar-refractivity contribution in [1.82, 2.24) is 0 Å². The lowest BCUT2D eigenvalue weighted by Crippen LogP contribution is -2.19. The lowest BCUT2D eigenvalue weighted by Gasteiger charge is -2.07. The number of carbonyl (C=O) groups is 1. The van der Waals surface area contributed by atoms with Crippen LogP contribution in [-0.4, -0.2) is 11.7 Å². The highest BCUT2D eigenvalue weighted by molar-refractivity contribution is 9.10. The number of amides is 1. The van der Waals surface area contributed by atoms with Crippen LogP contribution in [0.2, 0.25) is 0 Å². The molecule has 0 radical (unpaired) electrons. The minimum atomic E-state index is -0.531. The number of anilines is 1. The fraction of sp³-hybridized carbons (Fsp3) is 0.364. The molecule has 3 N–H and O–H groups in total. The number of benzene rings is 1. The predicted molar refractivity (Wildman–Crippen MR) is 70.7 cm³/mol. The summed E-state index contributed by atoms with van der Waals surface area (Å²) in [6.45, 7) is 2.14. The molecule has 1 aromatic rings. The van der Waals surface area contributed by atoms with Gasteiger partial charge in [0.15, 0.2) is 0 Å². The second-order valence-electron chi connectivity index (χ2n) is 3.69. The van der Waals surface area contributed by atoms with Gasteiger partial charge in [0.05, 0.1) is 0 Å². The van der Waals surface area contributed by atoms with E-state index < -0.39 is 6.04 Å². The zero-order valence-electron chi connectivity index (χ0n) is 8.92. The lowest BCUT2D eigenvalue weighted by atomic mass is 10.1. The Balaban J connectivity index is 2.33. The largest absolute Gasteiger partial charge is 0.324 e. The van der Waals surface area contributed by atoms with E-state index in [1.165, 1.54) is 0 Å². The highest BCUT2D eigenvalue weighted by Crippen LogP contribution is 2.38. The van der Waals surface area contributed by atoms with Crippen LogP contribution < -0.4 is 11.1 Å². The van der Waals surface area contributed by atoms with Crippen molar-refractivity contribution in [3.05, 3.63) is 22.2 Å². The van der Waals surface area contributed by atoms with Crippen LogP contribution in [0.4, 0.5) is 5.69 Å². The highest BCUT2D eigenvalue weighted by atomic mass is 79.9. The van der Waals surface area contributed by atoms with Gasteiger partial charge in [-0.3, -0.25) is 4.79 Å². The van der Waals surface area contributed by atoms with Gasteiger partial charge >= 0.3 is 0 Å². The Hall–Kier alpha value is -0.520. The number of nitrogens with one attached hydrogen (secondary N) is 1. The number of nitrogens with two attached hydrogens (primary N) is 1. The van der Waals surface area contributed by atoms with E-state index in [0.29, 0.717) is 0 Å². The molecule has 1 unspecified atom stereocenters. The fourth-order valence-electron chi connectivity index (χ4n) is 1.61. The standard InChI is InChI=1S/C11H13BrN2OS/c1-2-3-16-9-5-8-6(4-7(9)12)10(13)11(15)14-8/h4-5,10H,2-3,13H2,1H3,(H,14,15). The molecule has 16 heavy (non-hydrogen) atoms. The van der Waals surface area contributed by atoms with E-state index in [2.05, 4.69) is 28.2 Å². The quantitative estimate of drug-likeness (QED) is 0.844. The van der Waals surface area contributed by atoms with Gasteiger partial charge in [-0.15, -0.1) is 11.8 Å². The number of hydrogen-bond acceptors (Lipinski definition) is 3. The number of hydrogen-bond donors (Lipinski definition) is 2. The molecule has 86 valence electrons. The molecule has 1 aromatic carbocycles. The summed E-state index contributed by atoms with van der Waals surface area (Å²) in [4.78, 5) is 12.6. The van der Waals surface area contributed by atoms with Gasteiger partial charge in [-0.2, -0.15) is 0 Å². The average molecular weight is 301 g/mol. The SMILES string of the molecule is CCCSc1cc2c(cc1Br)C(N)C(=O)N2. The van der Waals surface area contributed by atoms with E-state index in [1.807, 2.05) is 12.1 Å². The van der Waals surface area contributed by atoms with E-state index in [0.717, 1.165) is 32.8 Å². The van der Waals surface area contributed by atoms with Gasteiger partial charge in [-0.05, 0) is 40.2 Å².